The molecule has 0 fully saturated rings. The van der Waals surface area contributed by atoms with Crippen LogP contribution in [0.4, 0.5) is 0 Å². The predicted molar refractivity (Wildman–Crippen MR) is 52.0 cm³/mol. The van der Waals surface area contributed by atoms with Gasteiger partial charge in [0.1, 0.15) is 5.15 Å². The highest BCUT2D eigenvalue weighted by Crippen LogP contribution is 2.12. The first-order valence-corrected chi connectivity index (χ1v) is 4.70. The van der Waals surface area contributed by atoms with Crippen LogP contribution in [0.1, 0.15) is 17.3 Å². The maximum atomic E-state index is 11.4. The Labute approximate surface area is 84.1 Å². The Morgan fingerprint density at radius 2 is 2.42 bits per heavy atom. The minimum atomic E-state index is -0.184. The maximum Gasteiger partial charge on any atom is 0.176 e. The molecule has 0 aromatic carbocycles. The van der Waals surface area contributed by atoms with Crippen LogP contribution in [0.15, 0.2) is 18.3 Å². The molecule has 0 saturated heterocycles. The Morgan fingerprint density at radius 3 is 2.92 bits per heavy atom. The average Bonchev–Trinajstić information content (AvgIpc) is 2.03. The van der Waals surface area contributed by atoms with Gasteiger partial charge in [0, 0.05) is 11.8 Å². The topological polar surface area (TPSA) is 30.0 Å². The summed E-state index contributed by atoms with van der Waals surface area (Å²) in [4.78, 5) is 15.0. The van der Waals surface area contributed by atoms with Gasteiger partial charge in [0.2, 0.25) is 0 Å². The molecule has 0 aliphatic carbocycles. The lowest BCUT2D eigenvalue weighted by atomic mass is 10.1. The lowest BCUT2D eigenvalue weighted by Crippen LogP contribution is -2.09. The van der Waals surface area contributed by atoms with Gasteiger partial charge in [-0.05, 0) is 19.1 Å². The van der Waals surface area contributed by atoms with E-state index in [9.17, 15) is 4.79 Å². The van der Waals surface area contributed by atoms with Crippen molar-refractivity contribution in [2.75, 3.05) is 0 Å². The van der Waals surface area contributed by atoms with Gasteiger partial charge in [0.15, 0.2) is 5.78 Å². The molecular weight excluding hydrogens is 241 g/mol. The van der Waals surface area contributed by atoms with E-state index in [1.807, 2.05) is 0 Å². The van der Waals surface area contributed by atoms with Crippen molar-refractivity contribution in [1.82, 2.24) is 4.98 Å². The van der Waals surface area contributed by atoms with Crippen LogP contribution in [-0.4, -0.2) is 15.6 Å². The number of carbonyl (C=O) groups excluding carboxylic acids is 1. The smallest absolute Gasteiger partial charge is 0.176 e. The summed E-state index contributed by atoms with van der Waals surface area (Å²) in [6.07, 6.45) is 1.52. The van der Waals surface area contributed by atoms with Gasteiger partial charge in [0.25, 0.3) is 0 Å². The Hall–Kier alpha value is -0.410. The van der Waals surface area contributed by atoms with Gasteiger partial charge < -0.3 is 0 Å². The average molecular weight is 249 g/mol. The Bertz CT molecular complexity index is 301. The number of ketones is 1. The highest BCUT2D eigenvalue weighted by molar-refractivity contribution is 9.10. The molecule has 1 heterocycles. The summed E-state index contributed by atoms with van der Waals surface area (Å²) >= 11 is 8.80. The summed E-state index contributed by atoms with van der Waals surface area (Å²) in [5.41, 5.74) is 0.583. The number of carbonyl (C=O) groups is 1. The van der Waals surface area contributed by atoms with Crippen molar-refractivity contribution in [3.63, 3.8) is 0 Å². The Kier molecular flexibility index (Phi) is 3.23. The zero-order chi connectivity index (χ0) is 9.14. The van der Waals surface area contributed by atoms with Crippen LogP contribution < -0.4 is 0 Å². The molecule has 2 nitrogen and oxygen atoms in total. The van der Waals surface area contributed by atoms with Crippen molar-refractivity contribution in [2.45, 2.75) is 11.8 Å². The molecule has 1 atom stereocenters. The SMILES string of the molecule is C[C@@H](Br)C(=O)c1ccnc(Cl)c1. The molecule has 64 valence electrons. The summed E-state index contributed by atoms with van der Waals surface area (Å²) < 4.78 is 0. The molecule has 4 heteroatoms. The number of halogens is 2. The van der Waals surface area contributed by atoms with Crippen LogP contribution in [0.3, 0.4) is 0 Å². The number of pyridine rings is 1. The normalized spacial score (nSPS) is 12.6. The Morgan fingerprint density at radius 1 is 1.75 bits per heavy atom. The molecule has 1 rings (SSSR count). The summed E-state index contributed by atoms with van der Waals surface area (Å²) in [6, 6.07) is 3.20. The first-order valence-electron chi connectivity index (χ1n) is 3.41. The minimum Gasteiger partial charge on any atom is -0.293 e. The number of rotatable bonds is 2. The summed E-state index contributed by atoms with van der Waals surface area (Å²) in [5, 5.41) is 0.342. The zero-order valence-electron chi connectivity index (χ0n) is 6.42. The molecule has 0 spiro atoms. The molecule has 0 N–H and O–H groups in total. The fraction of sp³-hybridized carbons (Fsp3) is 0.250. The first-order chi connectivity index (χ1) is 5.61. The van der Waals surface area contributed by atoms with E-state index in [1.165, 1.54) is 6.20 Å². The van der Waals surface area contributed by atoms with Crippen molar-refractivity contribution in [3.05, 3.63) is 29.0 Å². The highest BCUT2D eigenvalue weighted by Gasteiger charge is 2.11. The molecule has 0 unspecified atom stereocenters. The number of Topliss-reactive ketones (excluding diaryl/α,β-unsaturated/α-hetero) is 1. The second kappa shape index (κ2) is 4.01. The largest absolute Gasteiger partial charge is 0.293 e. The standard InChI is InChI=1S/C8H7BrClNO/c1-5(9)8(12)6-2-3-11-7(10)4-6/h2-5H,1H3/t5-/m1/s1. The number of hydrogen-bond donors (Lipinski definition) is 0. The number of alkyl halides is 1. The second-order valence-corrected chi connectivity index (χ2v) is 4.11. The molecule has 0 saturated carbocycles. The molecule has 0 radical (unpaired) electrons. The van der Waals surface area contributed by atoms with Crippen molar-refractivity contribution in [1.29, 1.82) is 0 Å². The van der Waals surface area contributed by atoms with Crippen molar-refractivity contribution in [3.8, 4) is 0 Å². The zero-order valence-corrected chi connectivity index (χ0v) is 8.76. The van der Waals surface area contributed by atoms with Gasteiger partial charge in [0.05, 0.1) is 4.83 Å². The number of nitrogens with zero attached hydrogens (tertiary/aromatic N) is 1. The molecule has 0 bridgehead atoms. The van der Waals surface area contributed by atoms with Gasteiger partial charge in [-0.3, -0.25) is 4.79 Å². The van der Waals surface area contributed by atoms with Crippen molar-refractivity contribution in [2.24, 2.45) is 0 Å². The monoisotopic (exact) mass is 247 g/mol. The maximum absolute atomic E-state index is 11.4. The summed E-state index contributed by atoms with van der Waals surface area (Å²) in [6.45, 7) is 1.77. The van der Waals surface area contributed by atoms with Crippen molar-refractivity contribution >= 4 is 33.3 Å². The molecule has 1 aromatic heterocycles. The van der Waals surface area contributed by atoms with E-state index in [0.717, 1.165) is 0 Å². The molecule has 0 amide bonds. The van der Waals surface area contributed by atoms with Crippen LogP contribution >= 0.6 is 27.5 Å². The number of aromatic nitrogens is 1. The minimum absolute atomic E-state index is 0.0132. The van der Waals surface area contributed by atoms with E-state index in [-0.39, 0.29) is 10.6 Å². The lowest BCUT2D eigenvalue weighted by molar-refractivity contribution is 0.0996. The molecular formula is C8H7BrClNO. The fourth-order valence-corrected chi connectivity index (χ4v) is 1.22. The molecule has 0 aliphatic rings. The van der Waals surface area contributed by atoms with Gasteiger partial charge in [-0.1, -0.05) is 27.5 Å². The second-order valence-electron chi connectivity index (χ2n) is 2.35. The van der Waals surface area contributed by atoms with Crippen LogP contribution in [0.25, 0.3) is 0 Å². The summed E-state index contributed by atoms with van der Waals surface area (Å²) in [7, 11) is 0. The molecule has 12 heavy (non-hydrogen) atoms. The lowest BCUT2D eigenvalue weighted by Gasteiger charge is -2.01. The van der Waals surface area contributed by atoms with E-state index in [1.54, 1.807) is 19.1 Å². The van der Waals surface area contributed by atoms with Crippen LogP contribution in [0.2, 0.25) is 5.15 Å². The van der Waals surface area contributed by atoms with E-state index < -0.39 is 0 Å². The van der Waals surface area contributed by atoms with Gasteiger partial charge in [-0.2, -0.15) is 0 Å². The third kappa shape index (κ3) is 2.29. The van der Waals surface area contributed by atoms with Crippen LogP contribution in [0, 0.1) is 0 Å². The van der Waals surface area contributed by atoms with Gasteiger partial charge in [-0.25, -0.2) is 4.98 Å². The Balaban J connectivity index is 2.96. The third-order valence-corrected chi connectivity index (χ3v) is 1.99. The highest BCUT2D eigenvalue weighted by atomic mass is 79.9. The first kappa shape index (κ1) is 9.68. The van der Waals surface area contributed by atoms with Crippen molar-refractivity contribution < 1.29 is 4.79 Å². The van der Waals surface area contributed by atoms with Gasteiger partial charge >= 0.3 is 0 Å². The van der Waals surface area contributed by atoms with Crippen LogP contribution in [0.5, 0.6) is 0 Å². The molecule has 0 aliphatic heterocycles. The van der Waals surface area contributed by atoms with E-state index >= 15 is 0 Å². The quantitative estimate of drug-likeness (QED) is 0.458. The third-order valence-electron chi connectivity index (χ3n) is 1.37. The van der Waals surface area contributed by atoms with Gasteiger partial charge in [-0.15, -0.1) is 0 Å². The van der Waals surface area contributed by atoms with E-state index in [0.29, 0.717) is 10.7 Å². The van der Waals surface area contributed by atoms with E-state index in [4.69, 9.17) is 11.6 Å². The molecule has 1 aromatic rings. The van der Waals surface area contributed by atoms with Crippen LogP contribution in [-0.2, 0) is 0 Å². The number of hydrogen-bond acceptors (Lipinski definition) is 2. The predicted octanol–water partition coefficient (Wildman–Crippen LogP) is 2.70. The summed E-state index contributed by atoms with van der Waals surface area (Å²) in [5.74, 6) is 0.0132. The fourth-order valence-electron chi connectivity index (χ4n) is 0.785. The van der Waals surface area contributed by atoms with E-state index in [2.05, 4.69) is 20.9 Å².